The topological polar surface area (TPSA) is 61.8 Å². The van der Waals surface area contributed by atoms with Crippen molar-refractivity contribution >= 4 is 5.97 Å². The second-order valence-electron chi connectivity index (χ2n) is 4.53. The van der Waals surface area contributed by atoms with Crippen LogP contribution in [0.4, 0.5) is 0 Å². The third kappa shape index (κ3) is 6.00. The van der Waals surface area contributed by atoms with Gasteiger partial charge in [-0.2, -0.15) is 0 Å². The Balaban J connectivity index is 4.06. The molecule has 0 heterocycles. The van der Waals surface area contributed by atoms with Crippen LogP contribution >= 0.6 is 0 Å². The first-order valence-electron chi connectivity index (χ1n) is 6.13. The summed E-state index contributed by atoms with van der Waals surface area (Å²) < 4.78 is 4.53. The Morgan fingerprint density at radius 2 is 2.00 bits per heavy atom. The number of carbonyl (C=O) groups is 1. The first-order valence-corrected chi connectivity index (χ1v) is 6.13. The van der Waals surface area contributed by atoms with E-state index in [4.69, 9.17) is 0 Å². The summed E-state index contributed by atoms with van der Waals surface area (Å²) in [6.07, 6.45) is 0. The van der Waals surface area contributed by atoms with Crippen LogP contribution in [0.15, 0.2) is 0 Å². The van der Waals surface area contributed by atoms with E-state index < -0.39 is 11.6 Å². The van der Waals surface area contributed by atoms with Crippen molar-refractivity contribution in [3.63, 3.8) is 0 Å². The molecule has 5 nitrogen and oxygen atoms in total. The summed E-state index contributed by atoms with van der Waals surface area (Å²) in [5, 5.41) is 13.0. The number of esters is 1. The molecule has 0 bridgehead atoms. The monoisotopic (exact) mass is 246 g/mol. The van der Waals surface area contributed by atoms with E-state index in [0.29, 0.717) is 0 Å². The average Bonchev–Trinajstić information content (AvgIpc) is 2.32. The highest BCUT2D eigenvalue weighted by molar-refractivity contribution is 5.78. The molecule has 0 saturated carbocycles. The second kappa shape index (κ2) is 7.63. The smallest absolute Gasteiger partial charge is 0.338 e. The number of rotatable bonds is 8. The molecular weight excluding hydrogens is 220 g/mol. The molecule has 0 saturated heterocycles. The summed E-state index contributed by atoms with van der Waals surface area (Å²) in [7, 11) is 1.27. The molecule has 0 aromatic rings. The van der Waals surface area contributed by atoms with E-state index in [-0.39, 0.29) is 12.6 Å². The Hall–Kier alpha value is -0.650. The Morgan fingerprint density at radius 1 is 1.47 bits per heavy atom. The van der Waals surface area contributed by atoms with Gasteiger partial charge in [-0.25, -0.2) is 4.79 Å². The lowest BCUT2D eigenvalue weighted by Crippen LogP contribution is -2.50. The van der Waals surface area contributed by atoms with Crippen molar-refractivity contribution in [3.05, 3.63) is 0 Å². The number of carbonyl (C=O) groups excluding carboxylic acids is 1. The molecule has 0 radical (unpaired) electrons. The first-order chi connectivity index (χ1) is 7.87. The van der Waals surface area contributed by atoms with E-state index in [1.165, 1.54) is 14.0 Å². The van der Waals surface area contributed by atoms with Gasteiger partial charge in [0.1, 0.15) is 0 Å². The molecule has 5 heteroatoms. The summed E-state index contributed by atoms with van der Waals surface area (Å²) >= 11 is 0. The van der Waals surface area contributed by atoms with Gasteiger partial charge < -0.3 is 20.1 Å². The Labute approximate surface area is 104 Å². The van der Waals surface area contributed by atoms with Crippen molar-refractivity contribution in [2.75, 3.05) is 33.3 Å². The number of aliphatic hydroxyl groups is 1. The molecule has 0 aromatic carbocycles. The van der Waals surface area contributed by atoms with Gasteiger partial charge in [0.2, 0.25) is 0 Å². The number of methoxy groups -OCH3 is 1. The highest BCUT2D eigenvalue weighted by Gasteiger charge is 2.31. The van der Waals surface area contributed by atoms with Crippen molar-refractivity contribution in [3.8, 4) is 0 Å². The van der Waals surface area contributed by atoms with Gasteiger partial charge in [-0.05, 0) is 26.9 Å². The van der Waals surface area contributed by atoms with E-state index in [2.05, 4.69) is 28.8 Å². The van der Waals surface area contributed by atoms with E-state index in [1.807, 2.05) is 6.92 Å². The molecule has 0 spiro atoms. The number of hydrogen-bond acceptors (Lipinski definition) is 5. The Kier molecular flexibility index (Phi) is 7.34. The number of hydrogen-bond donors (Lipinski definition) is 2. The quantitative estimate of drug-likeness (QED) is 0.600. The molecule has 0 fully saturated rings. The van der Waals surface area contributed by atoms with Crippen LogP contribution in [0.25, 0.3) is 0 Å². The van der Waals surface area contributed by atoms with Crippen LogP contribution in [-0.2, 0) is 9.53 Å². The van der Waals surface area contributed by atoms with Crippen molar-refractivity contribution in [1.82, 2.24) is 10.2 Å². The lowest BCUT2D eigenvalue weighted by atomic mass is 10.1. The van der Waals surface area contributed by atoms with Gasteiger partial charge in [0.25, 0.3) is 0 Å². The summed E-state index contributed by atoms with van der Waals surface area (Å²) in [5.41, 5.74) is -1.47. The summed E-state index contributed by atoms with van der Waals surface area (Å²) in [6.45, 7) is 10.8. The van der Waals surface area contributed by atoms with Gasteiger partial charge in [0.15, 0.2) is 5.60 Å². The molecular formula is C12H26N2O3. The van der Waals surface area contributed by atoms with Crippen LogP contribution in [0.3, 0.4) is 0 Å². The van der Waals surface area contributed by atoms with Crippen LogP contribution in [0.2, 0.25) is 0 Å². The summed E-state index contributed by atoms with van der Waals surface area (Å²) in [4.78, 5) is 13.5. The van der Waals surface area contributed by atoms with Crippen LogP contribution in [-0.4, -0.2) is 60.9 Å². The van der Waals surface area contributed by atoms with Crippen LogP contribution in [0.5, 0.6) is 0 Å². The van der Waals surface area contributed by atoms with Gasteiger partial charge in [0.05, 0.1) is 7.11 Å². The third-order valence-corrected chi connectivity index (χ3v) is 2.85. The number of nitrogens with zero attached hydrogens (tertiary/aromatic N) is 1. The maximum Gasteiger partial charge on any atom is 0.338 e. The summed E-state index contributed by atoms with van der Waals surface area (Å²) in [6, 6.07) is 0.214. The number of nitrogens with one attached hydrogen (secondary N) is 1. The molecule has 2 unspecified atom stereocenters. The van der Waals surface area contributed by atoms with Gasteiger partial charge in [-0.15, -0.1) is 0 Å². The molecule has 102 valence electrons. The van der Waals surface area contributed by atoms with Crippen molar-refractivity contribution in [2.45, 2.75) is 39.3 Å². The fraction of sp³-hybridized carbons (Fsp3) is 0.917. The maximum absolute atomic E-state index is 11.3. The molecule has 0 aromatic heterocycles. The predicted octanol–water partition coefficient (Wildman–Crippen LogP) is 0.230. The van der Waals surface area contributed by atoms with Gasteiger partial charge >= 0.3 is 5.97 Å². The highest BCUT2D eigenvalue weighted by atomic mass is 16.5. The molecule has 17 heavy (non-hydrogen) atoms. The minimum atomic E-state index is -1.47. The van der Waals surface area contributed by atoms with E-state index in [1.54, 1.807) is 0 Å². The summed E-state index contributed by atoms with van der Waals surface area (Å²) in [5.74, 6) is -0.611. The van der Waals surface area contributed by atoms with Crippen LogP contribution in [0, 0.1) is 0 Å². The predicted molar refractivity (Wildman–Crippen MR) is 67.9 cm³/mol. The minimum absolute atomic E-state index is 0.197. The molecule has 0 aliphatic carbocycles. The van der Waals surface area contributed by atoms with E-state index >= 15 is 0 Å². The molecule has 0 aliphatic heterocycles. The molecule has 2 atom stereocenters. The van der Waals surface area contributed by atoms with Gasteiger partial charge in [-0.1, -0.05) is 13.8 Å². The standard InChI is InChI=1S/C12H26N2O3/c1-6-14(7-2)8-10(3)13-9-12(4,16)11(15)17-5/h10,13,16H,6-9H2,1-5H3. The van der Waals surface area contributed by atoms with Gasteiger partial charge in [0, 0.05) is 19.1 Å². The number of likely N-dealkylation sites (N-methyl/N-ethyl adjacent to an activating group) is 1. The minimum Gasteiger partial charge on any atom is -0.467 e. The van der Waals surface area contributed by atoms with Crippen LogP contribution < -0.4 is 5.32 Å². The zero-order chi connectivity index (χ0) is 13.5. The fourth-order valence-corrected chi connectivity index (χ4v) is 1.60. The fourth-order valence-electron chi connectivity index (χ4n) is 1.60. The van der Waals surface area contributed by atoms with Gasteiger partial charge in [-0.3, -0.25) is 0 Å². The molecule has 0 rings (SSSR count). The largest absolute Gasteiger partial charge is 0.467 e. The molecule has 0 amide bonds. The van der Waals surface area contributed by atoms with Crippen molar-refractivity contribution in [2.24, 2.45) is 0 Å². The maximum atomic E-state index is 11.3. The van der Waals surface area contributed by atoms with Crippen LogP contribution in [0.1, 0.15) is 27.7 Å². The number of ether oxygens (including phenoxy) is 1. The lowest BCUT2D eigenvalue weighted by molar-refractivity contribution is -0.160. The van der Waals surface area contributed by atoms with E-state index in [9.17, 15) is 9.90 Å². The Bertz CT molecular complexity index is 228. The third-order valence-electron chi connectivity index (χ3n) is 2.85. The highest BCUT2D eigenvalue weighted by Crippen LogP contribution is 2.04. The SMILES string of the molecule is CCN(CC)CC(C)NCC(C)(O)C(=O)OC. The van der Waals surface area contributed by atoms with Crippen molar-refractivity contribution < 1.29 is 14.6 Å². The first kappa shape index (κ1) is 16.4. The normalized spacial score (nSPS) is 16.6. The Morgan fingerprint density at radius 3 is 2.41 bits per heavy atom. The molecule has 2 N–H and O–H groups in total. The lowest BCUT2D eigenvalue weighted by Gasteiger charge is -2.27. The zero-order valence-electron chi connectivity index (χ0n) is 11.6. The average molecular weight is 246 g/mol. The second-order valence-corrected chi connectivity index (χ2v) is 4.53. The zero-order valence-corrected chi connectivity index (χ0v) is 11.6. The van der Waals surface area contributed by atoms with Crippen molar-refractivity contribution in [1.29, 1.82) is 0 Å². The van der Waals surface area contributed by atoms with E-state index in [0.717, 1.165) is 19.6 Å². The molecule has 0 aliphatic rings.